The molecule has 0 unspecified atom stereocenters. The number of rotatable bonds is 6. The molecule has 5 nitrogen and oxygen atoms in total. The van der Waals surface area contributed by atoms with Crippen LogP contribution in [0.3, 0.4) is 0 Å². The van der Waals surface area contributed by atoms with E-state index < -0.39 is 0 Å². The Hall–Kier alpha value is -1.07. The molecule has 0 saturated carbocycles. The first-order valence-corrected chi connectivity index (χ1v) is 5.07. The van der Waals surface area contributed by atoms with Gasteiger partial charge in [-0.2, -0.15) is 0 Å². The number of hydrogen-bond donors (Lipinski definition) is 0. The van der Waals surface area contributed by atoms with E-state index in [1.165, 1.54) is 12.3 Å². The molecule has 1 aromatic rings. The second kappa shape index (κ2) is 6.42. The van der Waals surface area contributed by atoms with Gasteiger partial charge in [0, 0.05) is 32.1 Å². The highest BCUT2D eigenvalue weighted by molar-refractivity contribution is 6.18. The number of halogens is 1. The maximum atomic E-state index is 11.8. The fourth-order valence-electron chi connectivity index (χ4n) is 1.10. The maximum Gasteiger partial charge on any atom is 0.276 e. The van der Waals surface area contributed by atoms with Gasteiger partial charge in [0.05, 0.1) is 6.61 Å². The number of aromatic nitrogens is 1. The number of carbonyl (C=O) groups excluding carboxylic acids is 1. The molecule has 0 atom stereocenters. The Labute approximate surface area is 92.9 Å². The van der Waals surface area contributed by atoms with Crippen LogP contribution in [-0.2, 0) is 4.74 Å². The monoisotopic (exact) mass is 232 g/mol. The Kier molecular flexibility index (Phi) is 5.14. The molecule has 0 fully saturated rings. The van der Waals surface area contributed by atoms with Gasteiger partial charge >= 0.3 is 0 Å². The second-order valence-corrected chi connectivity index (χ2v) is 3.24. The largest absolute Gasteiger partial charge is 0.383 e. The molecule has 0 bridgehead atoms. The van der Waals surface area contributed by atoms with Crippen LogP contribution in [0.4, 0.5) is 0 Å². The first kappa shape index (κ1) is 12.0. The number of hydrogen-bond acceptors (Lipinski definition) is 4. The third kappa shape index (κ3) is 3.53. The Bertz CT molecular complexity index is 290. The topological polar surface area (TPSA) is 55.6 Å². The molecule has 0 aliphatic carbocycles. The lowest BCUT2D eigenvalue weighted by molar-refractivity contribution is 0.0697. The van der Waals surface area contributed by atoms with Gasteiger partial charge in [0.25, 0.3) is 5.91 Å². The van der Waals surface area contributed by atoms with Crippen molar-refractivity contribution in [1.82, 2.24) is 10.1 Å². The molecular formula is C9H13ClN2O3. The van der Waals surface area contributed by atoms with Gasteiger partial charge in [0.1, 0.15) is 6.26 Å². The van der Waals surface area contributed by atoms with Gasteiger partial charge in [0.15, 0.2) is 5.69 Å². The van der Waals surface area contributed by atoms with Crippen molar-refractivity contribution in [2.75, 3.05) is 32.7 Å². The fourth-order valence-corrected chi connectivity index (χ4v) is 1.31. The molecule has 0 aliphatic heterocycles. The first-order valence-electron chi connectivity index (χ1n) is 4.54. The summed E-state index contributed by atoms with van der Waals surface area (Å²) in [4.78, 5) is 13.4. The summed E-state index contributed by atoms with van der Waals surface area (Å²) >= 11 is 5.60. The quantitative estimate of drug-likeness (QED) is 0.687. The van der Waals surface area contributed by atoms with Gasteiger partial charge in [-0.25, -0.2) is 0 Å². The molecule has 0 aromatic carbocycles. The van der Waals surface area contributed by atoms with E-state index in [1.807, 2.05) is 0 Å². The van der Waals surface area contributed by atoms with E-state index in [1.54, 1.807) is 12.0 Å². The summed E-state index contributed by atoms with van der Waals surface area (Å²) in [7, 11) is 1.58. The van der Waals surface area contributed by atoms with Crippen LogP contribution >= 0.6 is 11.6 Å². The van der Waals surface area contributed by atoms with Gasteiger partial charge in [0.2, 0.25) is 0 Å². The van der Waals surface area contributed by atoms with E-state index in [-0.39, 0.29) is 11.6 Å². The number of methoxy groups -OCH3 is 1. The van der Waals surface area contributed by atoms with Crippen molar-refractivity contribution in [3.8, 4) is 0 Å². The molecule has 6 heteroatoms. The molecule has 1 heterocycles. The number of amides is 1. The van der Waals surface area contributed by atoms with Crippen molar-refractivity contribution in [1.29, 1.82) is 0 Å². The standard InChI is InChI=1S/C9H13ClN2O3/c1-14-7-5-12(4-3-10)9(13)8-2-6-15-11-8/h2,6H,3-5,7H2,1H3. The zero-order valence-corrected chi connectivity index (χ0v) is 9.24. The molecule has 15 heavy (non-hydrogen) atoms. The highest BCUT2D eigenvalue weighted by Gasteiger charge is 2.17. The fraction of sp³-hybridized carbons (Fsp3) is 0.556. The zero-order valence-electron chi connectivity index (χ0n) is 8.48. The van der Waals surface area contributed by atoms with Crippen LogP contribution in [0.2, 0.25) is 0 Å². The predicted molar refractivity (Wildman–Crippen MR) is 55.0 cm³/mol. The number of alkyl halides is 1. The smallest absolute Gasteiger partial charge is 0.276 e. The van der Waals surface area contributed by atoms with E-state index in [9.17, 15) is 4.79 Å². The Morgan fingerprint density at radius 2 is 2.47 bits per heavy atom. The molecular weight excluding hydrogens is 220 g/mol. The third-order valence-corrected chi connectivity index (χ3v) is 2.03. The summed E-state index contributed by atoms with van der Waals surface area (Å²) in [6.07, 6.45) is 1.36. The lowest BCUT2D eigenvalue weighted by Crippen LogP contribution is -2.35. The van der Waals surface area contributed by atoms with E-state index >= 15 is 0 Å². The molecule has 0 spiro atoms. The van der Waals surface area contributed by atoms with Crippen molar-refractivity contribution in [2.45, 2.75) is 0 Å². The van der Waals surface area contributed by atoms with Crippen molar-refractivity contribution in [3.05, 3.63) is 18.0 Å². The van der Waals surface area contributed by atoms with Crippen LogP contribution in [0.1, 0.15) is 10.5 Å². The van der Waals surface area contributed by atoms with Gasteiger partial charge in [-0.3, -0.25) is 4.79 Å². The van der Waals surface area contributed by atoms with Crippen LogP contribution in [-0.4, -0.2) is 48.6 Å². The highest BCUT2D eigenvalue weighted by atomic mass is 35.5. The van der Waals surface area contributed by atoms with E-state index in [4.69, 9.17) is 16.3 Å². The Morgan fingerprint density at radius 3 is 3.00 bits per heavy atom. The van der Waals surface area contributed by atoms with Crippen molar-refractivity contribution in [3.63, 3.8) is 0 Å². The SMILES string of the molecule is COCCN(CCCl)C(=O)c1ccon1. The summed E-state index contributed by atoms with van der Waals surface area (Å²) < 4.78 is 9.51. The molecule has 0 N–H and O–H groups in total. The normalized spacial score (nSPS) is 10.3. The molecule has 0 radical (unpaired) electrons. The first-order chi connectivity index (χ1) is 7.29. The maximum absolute atomic E-state index is 11.8. The van der Waals surface area contributed by atoms with Crippen LogP contribution in [0.15, 0.2) is 16.9 Å². The van der Waals surface area contributed by atoms with Gasteiger partial charge < -0.3 is 14.2 Å². The second-order valence-electron chi connectivity index (χ2n) is 2.86. The molecule has 1 aromatic heterocycles. The van der Waals surface area contributed by atoms with Gasteiger partial charge in [-0.1, -0.05) is 5.16 Å². The molecule has 84 valence electrons. The van der Waals surface area contributed by atoms with Crippen LogP contribution < -0.4 is 0 Å². The van der Waals surface area contributed by atoms with Crippen LogP contribution in [0.5, 0.6) is 0 Å². The average Bonchev–Trinajstić information content (AvgIpc) is 2.76. The number of nitrogens with zero attached hydrogens (tertiary/aromatic N) is 2. The number of ether oxygens (including phenoxy) is 1. The van der Waals surface area contributed by atoms with Crippen molar-refractivity contribution >= 4 is 17.5 Å². The van der Waals surface area contributed by atoms with Crippen LogP contribution in [0.25, 0.3) is 0 Å². The average molecular weight is 233 g/mol. The minimum atomic E-state index is -0.193. The van der Waals surface area contributed by atoms with E-state index in [0.29, 0.717) is 25.6 Å². The minimum Gasteiger partial charge on any atom is -0.383 e. The minimum absolute atomic E-state index is 0.193. The lowest BCUT2D eigenvalue weighted by Gasteiger charge is -2.19. The number of carbonyl (C=O) groups is 1. The predicted octanol–water partition coefficient (Wildman–Crippen LogP) is 1.00. The Morgan fingerprint density at radius 1 is 1.67 bits per heavy atom. The van der Waals surface area contributed by atoms with E-state index in [0.717, 1.165) is 0 Å². The van der Waals surface area contributed by atoms with Crippen molar-refractivity contribution < 1.29 is 14.1 Å². The molecule has 0 aliphatic rings. The summed E-state index contributed by atoms with van der Waals surface area (Å²) in [5, 5.41) is 3.58. The summed E-state index contributed by atoms with van der Waals surface area (Å²) in [5.74, 6) is 0.189. The Balaban J connectivity index is 2.58. The lowest BCUT2D eigenvalue weighted by atomic mass is 10.3. The zero-order chi connectivity index (χ0) is 11.1. The van der Waals surface area contributed by atoms with Gasteiger partial charge in [-0.05, 0) is 0 Å². The van der Waals surface area contributed by atoms with E-state index in [2.05, 4.69) is 9.68 Å². The molecule has 0 saturated heterocycles. The highest BCUT2D eigenvalue weighted by Crippen LogP contribution is 2.02. The summed E-state index contributed by atoms with van der Waals surface area (Å²) in [5.41, 5.74) is 0.288. The van der Waals surface area contributed by atoms with Crippen molar-refractivity contribution in [2.24, 2.45) is 0 Å². The third-order valence-electron chi connectivity index (χ3n) is 1.86. The summed E-state index contributed by atoms with van der Waals surface area (Å²) in [6.45, 7) is 1.44. The van der Waals surface area contributed by atoms with Gasteiger partial charge in [-0.15, -0.1) is 11.6 Å². The molecule has 1 amide bonds. The summed E-state index contributed by atoms with van der Waals surface area (Å²) in [6, 6.07) is 1.52. The molecule has 1 rings (SSSR count). The van der Waals surface area contributed by atoms with Crippen LogP contribution in [0, 0.1) is 0 Å².